The fraction of sp³-hybridized carbons (Fsp3) is 0.600. The van der Waals surface area contributed by atoms with E-state index in [0.717, 1.165) is 11.6 Å². The Labute approximate surface area is 125 Å². The minimum Gasteiger partial charge on any atom is -0.304 e. The van der Waals surface area contributed by atoms with Gasteiger partial charge in [-0.25, -0.2) is 4.98 Å². The number of rotatable bonds is 6. The quantitative estimate of drug-likeness (QED) is 0.882. The zero-order valence-corrected chi connectivity index (χ0v) is 13.7. The molecule has 5 heteroatoms. The van der Waals surface area contributed by atoms with Gasteiger partial charge in [-0.05, 0) is 26.3 Å². The maximum Gasteiger partial charge on any atom is 0.115 e. The van der Waals surface area contributed by atoms with E-state index in [1.807, 2.05) is 10.9 Å². The topological polar surface area (TPSA) is 42.7 Å². The zero-order chi connectivity index (χ0) is 14.7. The molecule has 0 spiro atoms. The molecule has 1 N–H and O–H groups in total. The van der Waals surface area contributed by atoms with E-state index in [1.165, 1.54) is 11.3 Å². The number of hydrogen-bond acceptors (Lipinski definition) is 4. The molecule has 20 heavy (non-hydrogen) atoms. The maximum atomic E-state index is 4.78. The monoisotopic (exact) mass is 292 g/mol. The van der Waals surface area contributed by atoms with Crippen LogP contribution in [0.1, 0.15) is 68.9 Å². The standard InChI is InChI=1S/C15H24N4S/c1-6-16-14(12-7-17-19(8-12)11(4)5)15-18-13(9-20-15)10(2)3/h7-11,14,16H,6H2,1-5H3. The molecule has 1 unspecified atom stereocenters. The van der Waals surface area contributed by atoms with Crippen LogP contribution in [0.25, 0.3) is 0 Å². The molecular weight excluding hydrogens is 268 g/mol. The van der Waals surface area contributed by atoms with Crippen molar-refractivity contribution in [2.45, 2.75) is 52.6 Å². The van der Waals surface area contributed by atoms with Crippen molar-refractivity contribution in [2.75, 3.05) is 6.54 Å². The van der Waals surface area contributed by atoms with Crippen LogP contribution in [0.15, 0.2) is 17.8 Å². The lowest BCUT2D eigenvalue weighted by Crippen LogP contribution is -2.21. The summed E-state index contributed by atoms with van der Waals surface area (Å²) in [5, 5.41) is 11.2. The third-order valence-corrected chi connectivity index (χ3v) is 4.20. The summed E-state index contributed by atoms with van der Waals surface area (Å²) in [5.41, 5.74) is 2.36. The summed E-state index contributed by atoms with van der Waals surface area (Å²) < 4.78 is 2.00. The normalized spacial score (nSPS) is 13.3. The van der Waals surface area contributed by atoms with Crippen molar-refractivity contribution >= 4 is 11.3 Å². The van der Waals surface area contributed by atoms with Crippen LogP contribution in [0, 0.1) is 0 Å². The Balaban J connectivity index is 2.29. The summed E-state index contributed by atoms with van der Waals surface area (Å²) in [7, 11) is 0. The van der Waals surface area contributed by atoms with Crippen molar-refractivity contribution in [1.82, 2.24) is 20.1 Å². The molecule has 0 aromatic carbocycles. The Morgan fingerprint density at radius 1 is 1.30 bits per heavy atom. The molecule has 0 aliphatic heterocycles. The van der Waals surface area contributed by atoms with Crippen LogP contribution in [-0.2, 0) is 0 Å². The maximum absolute atomic E-state index is 4.78. The number of aromatic nitrogens is 3. The average molecular weight is 292 g/mol. The van der Waals surface area contributed by atoms with Gasteiger partial charge in [0.15, 0.2) is 0 Å². The van der Waals surface area contributed by atoms with Crippen molar-refractivity contribution in [2.24, 2.45) is 0 Å². The Bertz CT molecular complexity index is 495. The van der Waals surface area contributed by atoms with Gasteiger partial charge in [0.25, 0.3) is 0 Å². The second-order valence-corrected chi connectivity index (χ2v) is 6.49. The predicted octanol–water partition coefficient (Wildman–Crippen LogP) is 3.74. The molecule has 0 saturated carbocycles. The molecule has 0 bridgehead atoms. The van der Waals surface area contributed by atoms with Crippen LogP contribution in [-0.4, -0.2) is 21.3 Å². The molecule has 2 aromatic rings. The molecule has 2 aromatic heterocycles. The summed E-state index contributed by atoms with van der Waals surface area (Å²) >= 11 is 1.73. The predicted molar refractivity (Wildman–Crippen MR) is 84.3 cm³/mol. The van der Waals surface area contributed by atoms with Gasteiger partial charge in [0.1, 0.15) is 5.01 Å². The third kappa shape index (κ3) is 3.27. The minimum absolute atomic E-state index is 0.144. The van der Waals surface area contributed by atoms with Gasteiger partial charge in [-0.1, -0.05) is 20.8 Å². The van der Waals surface area contributed by atoms with Gasteiger partial charge in [-0.2, -0.15) is 5.10 Å². The van der Waals surface area contributed by atoms with E-state index in [0.29, 0.717) is 12.0 Å². The van der Waals surface area contributed by atoms with Crippen LogP contribution in [0.3, 0.4) is 0 Å². The van der Waals surface area contributed by atoms with Crippen LogP contribution < -0.4 is 5.32 Å². The van der Waals surface area contributed by atoms with Crippen LogP contribution >= 0.6 is 11.3 Å². The van der Waals surface area contributed by atoms with E-state index >= 15 is 0 Å². The van der Waals surface area contributed by atoms with E-state index in [9.17, 15) is 0 Å². The number of nitrogens with one attached hydrogen (secondary N) is 1. The van der Waals surface area contributed by atoms with E-state index < -0.39 is 0 Å². The van der Waals surface area contributed by atoms with Crippen molar-refractivity contribution in [3.8, 4) is 0 Å². The van der Waals surface area contributed by atoms with Crippen molar-refractivity contribution in [1.29, 1.82) is 0 Å². The Kier molecular flexibility index (Phi) is 4.94. The molecule has 110 valence electrons. The van der Waals surface area contributed by atoms with Gasteiger partial charge < -0.3 is 5.32 Å². The van der Waals surface area contributed by atoms with Crippen LogP contribution in [0.2, 0.25) is 0 Å². The lowest BCUT2D eigenvalue weighted by Gasteiger charge is -2.13. The number of nitrogens with zero attached hydrogens (tertiary/aromatic N) is 3. The molecule has 0 aliphatic rings. The molecule has 2 rings (SSSR count). The first kappa shape index (κ1) is 15.2. The van der Waals surface area contributed by atoms with Crippen molar-refractivity contribution < 1.29 is 0 Å². The highest BCUT2D eigenvalue weighted by Gasteiger charge is 2.19. The van der Waals surface area contributed by atoms with Gasteiger partial charge >= 0.3 is 0 Å². The summed E-state index contributed by atoms with van der Waals surface area (Å²) in [5.74, 6) is 0.473. The van der Waals surface area contributed by atoms with E-state index in [1.54, 1.807) is 11.3 Å². The number of thiazole rings is 1. The second kappa shape index (κ2) is 6.50. The molecule has 0 radical (unpaired) electrons. The Morgan fingerprint density at radius 2 is 2.05 bits per heavy atom. The largest absolute Gasteiger partial charge is 0.304 e. The van der Waals surface area contributed by atoms with Gasteiger partial charge in [-0.15, -0.1) is 11.3 Å². The van der Waals surface area contributed by atoms with E-state index in [2.05, 4.69) is 56.6 Å². The first-order valence-corrected chi connectivity index (χ1v) is 8.13. The van der Waals surface area contributed by atoms with Crippen LogP contribution in [0.5, 0.6) is 0 Å². The third-order valence-electron chi connectivity index (χ3n) is 3.27. The molecule has 4 nitrogen and oxygen atoms in total. The lowest BCUT2D eigenvalue weighted by atomic mass is 10.1. The summed E-state index contributed by atoms with van der Waals surface area (Å²) in [4.78, 5) is 4.78. The highest BCUT2D eigenvalue weighted by atomic mass is 32.1. The molecular formula is C15H24N4S. The summed E-state index contributed by atoms with van der Waals surface area (Å²) in [6.07, 6.45) is 4.07. The van der Waals surface area contributed by atoms with Gasteiger partial charge in [0.05, 0.1) is 17.9 Å². The zero-order valence-electron chi connectivity index (χ0n) is 12.9. The number of hydrogen-bond donors (Lipinski definition) is 1. The molecule has 0 fully saturated rings. The molecule has 0 aliphatic carbocycles. The highest BCUT2D eigenvalue weighted by Crippen LogP contribution is 2.27. The molecule has 0 saturated heterocycles. The van der Waals surface area contributed by atoms with Crippen molar-refractivity contribution in [3.05, 3.63) is 34.0 Å². The molecule has 1 atom stereocenters. The first-order valence-electron chi connectivity index (χ1n) is 7.25. The fourth-order valence-corrected chi connectivity index (χ4v) is 3.11. The van der Waals surface area contributed by atoms with Crippen molar-refractivity contribution in [3.63, 3.8) is 0 Å². The molecule has 2 heterocycles. The first-order chi connectivity index (χ1) is 9.52. The fourth-order valence-electron chi connectivity index (χ4n) is 2.03. The summed E-state index contributed by atoms with van der Waals surface area (Å²) in [6.45, 7) is 11.7. The molecule has 0 amide bonds. The minimum atomic E-state index is 0.144. The average Bonchev–Trinajstić information content (AvgIpc) is 3.05. The van der Waals surface area contributed by atoms with Gasteiger partial charge in [0, 0.05) is 23.2 Å². The highest BCUT2D eigenvalue weighted by molar-refractivity contribution is 7.09. The lowest BCUT2D eigenvalue weighted by molar-refractivity contribution is 0.530. The summed E-state index contributed by atoms with van der Waals surface area (Å²) in [6, 6.07) is 0.526. The Morgan fingerprint density at radius 3 is 2.55 bits per heavy atom. The van der Waals surface area contributed by atoms with Crippen LogP contribution in [0.4, 0.5) is 0 Å². The van der Waals surface area contributed by atoms with E-state index in [4.69, 9.17) is 4.98 Å². The van der Waals surface area contributed by atoms with Gasteiger partial charge in [-0.3, -0.25) is 4.68 Å². The van der Waals surface area contributed by atoms with Gasteiger partial charge in [0.2, 0.25) is 0 Å². The SMILES string of the molecule is CCNC(c1cnn(C(C)C)c1)c1nc(C(C)C)cs1. The smallest absolute Gasteiger partial charge is 0.115 e. The second-order valence-electron chi connectivity index (χ2n) is 5.60. The van der Waals surface area contributed by atoms with E-state index in [-0.39, 0.29) is 6.04 Å². The Hall–Kier alpha value is -1.20.